The van der Waals surface area contributed by atoms with Gasteiger partial charge in [0.15, 0.2) is 0 Å². The molecule has 0 aromatic heterocycles. The number of ether oxygens (including phenoxy) is 1. The number of amides is 1. The molecule has 4 nitrogen and oxygen atoms in total. The third kappa shape index (κ3) is 2.52. The summed E-state index contributed by atoms with van der Waals surface area (Å²) in [6.45, 7) is 3.67. The summed E-state index contributed by atoms with van der Waals surface area (Å²) in [6, 6.07) is 7.40. The van der Waals surface area contributed by atoms with Gasteiger partial charge in [0.1, 0.15) is 5.75 Å². The van der Waals surface area contributed by atoms with E-state index in [1.807, 2.05) is 38.1 Å². The van der Waals surface area contributed by atoms with Gasteiger partial charge in [-0.3, -0.25) is 9.63 Å². The first kappa shape index (κ1) is 12.5. The van der Waals surface area contributed by atoms with E-state index >= 15 is 0 Å². The van der Waals surface area contributed by atoms with Gasteiger partial charge < -0.3 is 4.74 Å². The van der Waals surface area contributed by atoms with E-state index in [4.69, 9.17) is 4.74 Å². The maximum Gasteiger partial charge on any atom is 0.253 e. The molecule has 16 heavy (non-hydrogen) atoms. The van der Waals surface area contributed by atoms with Gasteiger partial charge >= 0.3 is 0 Å². The van der Waals surface area contributed by atoms with E-state index in [-0.39, 0.29) is 5.91 Å². The van der Waals surface area contributed by atoms with E-state index in [1.165, 1.54) is 7.11 Å². The molecule has 0 bridgehead atoms. The largest absolute Gasteiger partial charge is 0.497 e. The second-order valence-corrected chi connectivity index (χ2v) is 3.99. The summed E-state index contributed by atoms with van der Waals surface area (Å²) < 4.78 is 5.06. The number of carbonyl (C=O) groups excluding carboxylic acids is 1. The van der Waals surface area contributed by atoms with Crippen molar-refractivity contribution in [3.05, 3.63) is 29.8 Å². The highest BCUT2D eigenvalue weighted by atomic mass is 16.6. The van der Waals surface area contributed by atoms with Crippen LogP contribution in [0.15, 0.2) is 24.3 Å². The standard InChI is InChI=1S/C12H17NO3/c1-12(2,11(14)13-16-4)9-5-7-10(15-3)8-6-9/h5-8H,1-4H3,(H,13,14). The first-order valence-corrected chi connectivity index (χ1v) is 5.00. The van der Waals surface area contributed by atoms with E-state index < -0.39 is 5.41 Å². The Bertz CT molecular complexity index is 357. The lowest BCUT2D eigenvalue weighted by Gasteiger charge is -2.23. The normalized spacial score (nSPS) is 11.0. The van der Waals surface area contributed by atoms with Crippen molar-refractivity contribution >= 4 is 5.91 Å². The average Bonchev–Trinajstić information content (AvgIpc) is 2.29. The predicted molar refractivity (Wildman–Crippen MR) is 61.2 cm³/mol. The van der Waals surface area contributed by atoms with Crippen LogP contribution in [0.5, 0.6) is 5.75 Å². The number of nitrogens with one attached hydrogen (secondary N) is 1. The molecule has 0 fully saturated rings. The molecule has 0 atom stereocenters. The van der Waals surface area contributed by atoms with Crippen LogP contribution in [0.25, 0.3) is 0 Å². The fourth-order valence-electron chi connectivity index (χ4n) is 1.36. The fourth-order valence-corrected chi connectivity index (χ4v) is 1.36. The molecule has 4 heteroatoms. The van der Waals surface area contributed by atoms with Crippen molar-refractivity contribution in [1.29, 1.82) is 0 Å². The Labute approximate surface area is 95.5 Å². The third-order valence-electron chi connectivity index (χ3n) is 2.57. The second kappa shape index (κ2) is 4.99. The van der Waals surface area contributed by atoms with Gasteiger partial charge in [0, 0.05) is 0 Å². The number of benzene rings is 1. The van der Waals surface area contributed by atoms with Crippen molar-refractivity contribution in [2.75, 3.05) is 14.2 Å². The minimum atomic E-state index is -0.637. The summed E-state index contributed by atoms with van der Waals surface area (Å²) in [5, 5.41) is 0. The van der Waals surface area contributed by atoms with Crippen molar-refractivity contribution < 1.29 is 14.4 Å². The highest BCUT2D eigenvalue weighted by molar-refractivity contribution is 5.86. The minimum Gasteiger partial charge on any atom is -0.497 e. The van der Waals surface area contributed by atoms with Gasteiger partial charge in [-0.15, -0.1) is 0 Å². The predicted octanol–water partition coefficient (Wildman–Crippen LogP) is 1.65. The zero-order valence-corrected chi connectivity index (χ0v) is 10.0. The monoisotopic (exact) mass is 223 g/mol. The van der Waals surface area contributed by atoms with Gasteiger partial charge in [0.25, 0.3) is 5.91 Å². The van der Waals surface area contributed by atoms with Gasteiger partial charge in [0.2, 0.25) is 0 Å². The van der Waals surface area contributed by atoms with Crippen molar-refractivity contribution in [3.8, 4) is 5.75 Å². The van der Waals surface area contributed by atoms with Crippen molar-refractivity contribution in [1.82, 2.24) is 5.48 Å². The molecule has 0 unspecified atom stereocenters. The molecule has 1 rings (SSSR count). The summed E-state index contributed by atoms with van der Waals surface area (Å²) in [5.74, 6) is 0.590. The second-order valence-electron chi connectivity index (χ2n) is 3.99. The van der Waals surface area contributed by atoms with E-state index in [0.29, 0.717) is 0 Å². The molecule has 0 spiro atoms. The lowest BCUT2D eigenvalue weighted by atomic mass is 9.84. The molecular formula is C12H17NO3. The summed E-state index contributed by atoms with van der Waals surface area (Å²) >= 11 is 0. The SMILES string of the molecule is CONC(=O)C(C)(C)c1ccc(OC)cc1. The fraction of sp³-hybridized carbons (Fsp3) is 0.417. The van der Waals surface area contributed by atoms with Gasteiger partial charge in [-0.25, -0.2) is 5.48 Å². The van der Waals surface area contributed by atoms with E-state index in [9.17, 15) is 4.79 Å². The summed E-state index contributed by atoms with van der Waals surface area (Å²) in [7, 11) is 3.03. The molecule has 1 N–H and O–H groups in total. The van der Waals surface area contributed by atoms with Gasteiger partial charge in [-0.05, 0) is 31.5 Å². The number of hydroxylamine groups is 1. The summed E-state index contributed by atoms with van der Waals surface area (Å²) in [4.78, 5) is 16.4. The molecule has 0 aliphatic heterocycles. The molecule has 0 radical (unpaired) electrons. The van der Waals surface area contributed by atoms with Crippen molar-refractivity contribution in [2.24, 2.45) is 0 Å². The van der Waals surface area contributed by atoms with Crippen molar-refractivity contribution in [3.63, 3.8) is 0 Å². The van der Waals surface area contributed by atoms with Crippen LogP contribution in [0.4, 0.5) is 0 Å². The van der Waals surface area contributed by atoms with Crippen LogP contribution < -0.4 is 10.2 Å². The van der Waals surface area contributed by atoms with Gasteiger partial charge in [0.05, 0.1) is 19.6 Å². The number of methoxy groups -OCH3 is 1. The number of carbonyl (C=O) groups is 1. The van der Waals surface area contributed by atoms with Crippen LogP contribution >= 0.6 is 0 Å². The first-order valence-electron chi connectivity index (χ1n) is 5.00. The summed E-state index contributed by atoms with van der Waals surface area (Å²) in [5.41, 5.74) is 2.61. The zero-order valence-electron chi connectivity index (χ0n) is 10.0. The molecule has 0 saturated heterocycles. The Morgan fingerprint density at radius 1 is 1.19 bits per heavy atom. The zero-order chi connectivity index (χ0) is 12.2. The summed E-state index contributed by atoms with van der Waals surface area (Å²) in [6.07, 6.45) is 0. The van der Waals surface area contributed by atoms with Gasteiger partial charge in [-0.1, -0.05) is 12.1 Å². The maximum absolute atomic E-state index is 11.8. The van der Waals surface area contributed by atoms with Crippen LogP contribution in [0.3, 0.4) is 0 Å². The van der Waals surface area contributed by atoms with Crippen LogP contribution in [0.1, 0.15) is 19.4 Å². The smallest absolute Gasteiger partial charge is 0.253 e. The minimum absolute atomic E-state index is 0.180. The molecular weight excluding hydrogens is 206 g/mol. The molecule has 1 amide bonds. The molecule has 0 aliphatic rings. The van der Waals surface area contributed by atoms with Gasteiger partial charge in [-0.2, -0.15) is 0 Å². The molecule has 88 valence electrons. The molecule has 1 aromatic rings. The highest BCUT2D eigenvalue weighted by Gasteiger charge is 2.29. The Morgan fingerprint density at radius 3 is 2.19 bits per heavy atom. The van der Waals surface area contributed by atoms with Crippen LogP contribution in [-0.2, 0) is 15.0 Å². The van der Waals surface area contributed by atoms with E-state index in [2.05, 4.69) is 10.3 Å². The molecule has 0 saturated carbocycles. The van der Waals surface area contributed by atoms with Crippen molar-refractivity contribution in [2.45, 2.75) is 19.3 Å². The number of hydrogen-bond donors (Lipinski definition) is 1. The average molecular weight is 223 g/mol. The molecule has 1 aromatic carbocycles. The lowest BCUT2D eigenvalue weighted by Crippen LogP contribution is -2.39. The lowest BCUT2D eigenvalue weighted by molar-refractivity contribution is -0.136. The van der Waals surface area contributed by atoms with E-state index in [1.54, 1.807) is 7.11 Å². The topological polar surface area (TPSA) is 47.6 Å². The van der Waals surface area contributed by atoms with Crippen LogP contribution in [0, 0.1) is 0 Å². The van der Waals surface area contributed by atoms with Crippen LogP contribution in [-0.4, -0.2) is 20.1 Å². The Balaban J connectivity index is 2.93. The number of hydrogen-bond acceptors (Lipinski definition) is 3. The Hall–Kier alpha value is -1.55. The maximum atomic E-state index is 11.8. The third-order valence-corrected chi connectivity index (χ3v) is 2.57. The quantitative estimate of drug-likeness (QED) is 0.789. The molecule has 0 aliphatic carbocycles. The highest BCUT2D eigenvalue weighted by Crippen LogP contribution is 2.25. The first-order chi connectivity index (χ1) is 7.52. The van der Waals surface area contributed by atoms with Crippen LogP contribution in [0.2, 0.25) is 0 Å². The Kier molecular flexibility index (Phi) is 3.90. The Morgan fingerprint density at radius 2 is 1.75 bits per heavy atom. The molecule has 0 heterocycles. The van der Waals surface area contributed by atoms with E-state index in [0.717, 1.165) is 11.3 Å². The number of rotatable bonds is 4.